The van der Waals surface area contributed by atoms with Gasteiger partial charge in [0.25, 0.3) is 0 Å². The van der Waals surface area contributed by atoms with Gasteiger partial charge >= 0.3 is 0 Å². The molecule has 1 rings (SSSR count). The van der Waals surface area contributed by atoms with Crippen LogP contribution < -0.4 is 0 Å². The standard InChI is InChI=1S/C12H25NO.C2H6/c1-4-14-10-9-13(3)12-7-5-11(2)6-8-12;1-2/h11-12H,4-10H2,1-3H3;1-2H3. The molecule has 0 aromatic carbocycles. The van der Waals surface area contributed by atoms with Crippen LogP contribution in [0.1, 0.15) is 53.4 Å². The van der Waals surface area contributed by atoms with E-state index < -0.39 is 0 Å². The molecule has 1 fully saturated rings. The van der Waals surface area contributed by atoms with Crippen molar-refractivity contribution >= 4 is 0 Å². The maximum atomic E-state index is 5.37. The van der Waals surface area contributed by atoms with E-state index in [0.717, 1.165) is 31.7 Å². The van der Waals surface area contributed by atoms with Crippen LogP contribution in [0.2, 0.25) is 0 Å². The average Bonchev–Trinajstić information content (AvgIpc) is 2.33. The Balaban J connectivity index is 0.00000106. The van der Waals surface area contributed by atoms with Gasteiger partial charge in [-0.2, -0.15) is 0 Å². The maximum absolute atomic E-state index is 5.37. The van der Waals surface area contributed by atoms with E-state index in [-0.39, 0.29) is 0 Å². The van der Waals surface area contributed by atoms with Crippen molar-refractivity contribution in [3.63, 3.8) is 0 Å². The van der Waals surface area contributed by atoms with E-state index in [1.54, 1.807) is 0 Å². The quantitative estimate of drug-likeness (QED) is 0.668. The predicted octanol–water partition coefficient (Wildman–Crippen LogP) is 3.56. The van der Waals surface area contributed by atoms with Gasteiger partial charge in [-0.1, -0.05) is 20.8 Å². The lowest BCUT2D eigenvalue weighted by Crippen LogP contribution is -2.36. The third-order valence-corrected chi connectivity index (χ3v) is 3.40. The third kappa shape index (κ3) is 6.49. The third-order valence-electron chi connectivity index (χ3n) is 3.40. The predicted molar refractivity (Wildman–Crippen MR) is 71.9 cm³/mol. The van der Waals surface area contributed by atoms with Gasteiger partial charge in [-0.15, -0.1) is 0 Å². The molecule has 2 heteroatoms. The van der Waals surface area contributed by atoms with E-state index in [2.05, 4.69) is 25.8 Å². The Labute approximate surface area is 102 Å². The summed E-state index contributed by atoms with van der Waals surface area (Å²) in [7, 11) is 2.24. The molecule has 0 radical (unpaired) electrons. The molecular formula is C14H31NO. The number of hydrogen-bond donors (Lipinski definition) is 0. The monoisotopic (exact) mass is 229 g/mol. The molecule has 0 aliphatic heterocycles. The summed E-state index contributed by atoms with van der Waals surface area (Å²) in [5.41, 5.74) is 0. The minimum atomic E-state index is 0.812. The summed E-state index contributed by atoms with van der Waals surface area (Å²) in [6.45, 7) is 11.3. The highest BCUT2D eigenvalue weighted by Gasteiger charge is 2.20. The second-order valence-electron chi connectivity index (χ2n) is 4.59. The summed E-state index contributed by atoms with van der Waals surface area (Å²) in [4.78, 5) is 2.47. The first-order valence-corrected chi connectivity index (χ1v) is 7.02. The zero-order chi connectivity index (χ0) is 12.4. The zero-order valence-electron chi connectivity index (χ0n) is 12.0. The molecule has 1 aliphatic carbocycles. The fraction of sp³-hybridized carbons (Fsp3) is 1.00. The van der Waals surface area contributed by atoms with Crippen molar-refractivity contribution in [3.8, 4) is 0 Å². The smallest absolute Gasteiger partial charge is 0.0593 e. The van der Waals surface area contributed by atoms with E-state index in [0.29, 0.717) is 0 Å². The number of ether oxygens (including phenoxy) is 1. The van der Waals surface area contributed by atoms with Crippen LogP contribution >= 0.6 is 0 Å². The van der Waals surface area contributed by atoms with Gasteiger partial charge in [-0.3, -0.25) is 0 Å². The van der Waals surface area contributed by atoms with Crippen LogP contribution in [0, 0.1) is 5.92 Å². The average molecular weight is 229 g/mol. The minimum absolute atomic E-state index is 0.812. The van der Waals surface area contributed by atoms with Gasteiger partial charge in [0.15, 0.2) is 0 Å². The van der Waals surface area contributed by atoms with Crippen molar-refractivity contribution in [2.24, 2.45) is 5.92 Å². The van der Waals surface area contributed by atoms with Gasteiger partial charge in [-0.25, -0.2) is 0 Å². The minimum Gasteiger partial charge on any atom is -0.380 e. The van der Waals surface area contributed by atoms with Crippen LogP contribution in [-0.4, -0.2) is 37.7 Å². The lowest BCUT2D eigenvalue weighted by molar-refractivity contribution is 0.0927. The largest absolute Gasteiger partial charge is 0.380 e. The molecule has 0 amide bonds. The SMILES string of the molecule is CC.CCOCCN(C)C1CCC(C)CC1. The van der Waals surface area contributed by atoms with E-state index >= 15 is 0 Å². The second-order valence-corrected chi connectivity index (χ2v) is 4.59. The first kappa shape index (κ1) is 15.9. The van der Waals surface area contributed by atoms with E-state index in [9.17, 15) is 0 Å². The highest BCUT2D eigenvalue weighted by Crippen LogP contribution is 2.26. The van der Waals surface area contributed by atoms with Crippen LogP contribution in [0.15, 0.2) is 0 Å². The van der Waals surface area contributed by atoms with Crippen LogP contribution in [0.4, 0.5) is 0 Å². The van der Waals surface area contributed by atoms with E-state index in [4.69, 9.17) is 4.74 Å². The molecule has 0 saturated heterocycles. The summed E-state index contributed by atoms with van der Waals surface area (Å²) in [5.74, 6) is 0.951. The molecule has 98 valence electrons. The van der Waals surface area contributed by atoms with E-state index in [1.165, 1.54) is 25.7 Å². The van der Waals surface area contributed by atoms with Crippen molar-refractivity contribution < 1.29 is 4.74 Å². The van der Waals surface area contributed by atoms with Gasteiger partial charge in [0.1, 0.15) is 0 Å². The van der Waals surface area contributed by atoms with Crippen LogP contribution in [-0.2, 0) is 4.74 Å². The highest BCUT2D eigenvalue weighted by molar-refractivity contribution is 4.76. The Morgan fingerprint density at radius 2 is 1.69 bits per heavy atom. The molecule has 0 atom stereocenters. The number of hydrogen-bond acceptors (Lipinski definition) is 2. The van der Waals surface area contributed by atoms with Gasteiger partial charge in [0, 0.05) is 19.2 Å². The maximum Gasteiger partial charge on any atom is 0.0593 e. The first-order chi connectivity index (χ1) is 7.74. The second kappa shape index (κ2) is 10.1. The number of rotatable bonds is 5. The van der Waals surface area contributed by atoms with Crippen molar-refractivity contribution in [1.29, 1.82) is 0 Å². The molecule has 0 unspecified atom stereocenters. The zero-order valence-corrected chi connectivity index (χ0v) is 12.0. The Morgan fingerprint density at radius 3 is 2.19 bits per heavy atom. The molecule has 1 aliphatic rings. The molecule has 1 saturated carbocycles. The van der Waals surface area contributed by atoms with Gasteiger partial charge in [0.2, 0.25) is 0 Å². The summed E-state index contributed by atoms with van der Waals surface area (Å²) >= 11 is 0. The molecule has 0 bridgehead atoms. The molecule has 0 spiro atoms. The Kier molecular flexibility index (Phi) is 10.0. The fourth-order valence-corrected chi connectivity index (χ4v) is 2.22. The van der Waals surface area contributed by atoms with Gasteiger partial charge < -0.3 is 9.64 Å². The molecule has 0 aromatic heterocycles. The molecule has 0 heterocycles. The molecule has 0 aromatic rings. The lowest BCUT2D eigenvalue weighted by Gasteiger charge is -2.33. The summed E-state index contributed by atoms with van der Waals surface area (Å²) in [6.07, 6.45) is 5.57. The molecule has 0 N–H and O–H groups in total. The fourth-order valence-electron chi connectivity index (χ4n) is 2.22. The van der Waals surface area contributed by atoms with Crippen molar-refractivity contribution in [1.82, 2.24) is 4.90 Å². The summed E-state index contributed by atoms with van der Waals surface area (Å²) < 4.78 is 5.37. The van der Waals surface area contributed by atoms with Crippen LogP contribution in [0.3, 0.4) is 0 Å². The van der Waals surface area contributed by atoms with E-state index in [1.807, 2.05) is 13.8 Å². The Morgan fingerprint density at radius 1 is 1.12 bits per heavy atom. The number of likely N-dealkylation sites (N-methyl/N-ethyl adjacent to an activating group) is 1. The van der Waals surface area contributed by atoms with Crippen molar-refractivity contribution in [3.05, 3.63) is 0 Å². The normalized spacial score (nSPS) is 25.1. The highest BCUT2D eigenvalue weighted by atomic mass is 16.5. The lowest BCUT2D eigenvalue weighted by atomic mass is 9.87. The van der Waals surface area contributed by atoms with Crippen LogP contribution in [0.25, 0.3) is 0 Å². The Hall–Kier alpha value is -0.0800. The first-order valence-electron chi connectivity index (χ1n) is 7.02. The Bertz CT molecular complexity index is 142. The van der Waals surface area contributed by atoms with Gasteiger partial charge in [-0.05, 0) is 45.6 Å². The van der Waals surface area contributed by atoms with Crippen molar-refractivity contribution in [2.45, 2.75) is 59.4 Å². The topological polar surface area (TPSA) is 12.5 Å². The molecular weight excluding hydrogens is 198 g/mol. The molecule has 16 heavy (non-hydrogen) atoms. The summed E-state index contributed by atoms with van der Waals surface area (Å²) in [5, 5.41) is 0. The molecule has 2 nitrogen and oxygen atoms in total. The number of nitrogens with zero attached hydrogens (tertiary/aromatic N) is 1. The van der Waals surface area contributed by atoms with Crippen LogP contribution in [0.5, 0.6) is 0 Å². The summed E-state index contributed by atoms with van der Waals surface area (Å²) in [6, 6.07) is 0.812. The van der Waals surface area contributed by atoms with Gasteiger partial charge in [0.05, 0.1) is 6.61 Å². The van der Waals surface area contributed by atoms with Crippen molar-refractivity contribution in [2.75, 3.05) is 26.8 Å².